The fourth-order valence-electron chi connectivity index (χ4n) is 4.98. The third-order valence-electron chi connectivity index (χ3n) is 7.17. The van der Waals surface area contributed by atoms with Crippen molar-refractivity contribution < 1.29 is 26.3 Å². The Labute approximate surface area is 264 Å². The number of anilines is 1. The molecule has 7 rings (SSSR count). The first-order valence-corrected chi connectivity index (χ1v) is 14.1. The molecule has 47 heavy (non-hydrogen) atoms. The number of alkyl halides is 6. The summed E-state index contributed by atoms with van der Waals surface area (Å²) in [4.78, 5) is 12.5. The van der Waals surface area contributed by atoms with Crippen molar-refractivity contribution in [3.8, 4) is 11.4 Å². The van der Waals surface area contributed by atoms with E-state index in [2.05, 4.69) is 15.0 Å². The van der Waals surface area contributed by atoms with Crippen molar-refractivity contribution in [2.24, 2.45) is 4.99 Å². The molecule has 6 nitrogen and oxygen atoms in total. The quantitative estimate of drug-likeness (QED) is 0.118. The van der Waals surface area contributed by atoms with Gasteiger partial charge in [-0.25, -0.2) is 9.97 Å². The third-order valence-corrected chi connectivity index (χ3v) is 7.17. The lowest BCUT2D eigenvalue weighted by Crippen LogP contribution is -2.06. The molecule has 236 valence electrons. The maximum atomic E-state index is 13.3. The van der Waals surface area contributed by atoms with E-state index in [0.717, 1.165) is 41.2 Å². The number of hydrogen-bond donors (Lipinski definition) is 1. The van der Waals surface area contributed by atoms with Crippen molar-refractivity contribution in [2.45, 2.75) is 12.4 Å². The van der Waals surface area contributed by atoms with Crippen LogP contribution in [0.25, 0.3) is 33.4 Å². The molecule has 0 bridgehead atoms. The molecule has 7 aromatic rings. The molecule has 2 aromatic heterocycles. The Balaban J connectivity index is 0.000000172. The second kappa shape index (κ2) is 12.5. The molecule has 0 spiro atoms. The lowest BCUT2D eigenvalue weighted by molar-refractivity contribution is -0.138. The highest BCUT2D eigenvalue weighted by Crippen LogP contribution is 2.37. The molecule has 2 N–H and O–H groups in total. The summed E-state index contributed by atoms with van der Waals surface area (Å²) < 4.78 is 81.5. The SMILES string of the molecule is FC(F)(F)c1cc(N=Cc2ccccc2)c2c(c1)ncn2-c1ccccc1.Nc1cc(C(F)(F)F)cc2ncn(-c3ccccc3)c12. The number of nitrogens with two attached hydrogens (primary N) is 1. The van der Waals surface area contributed by atoms with Crippen LogP contribution in [0.3, 0.4) is 0 Å². The number of para-hydroxylation sites is 2. The summed E-state index contributed by atoms with van der Waals surface area (Å²) >= 11 is 0. The van der Waals surface area contributed by atoms with Gasteiger partial charge < -0.3 is 5.73 Å². The van der Waals surface area contributed by atoms with Crippen molar-refractivity contribution in [1.29, 1.82) is 0 Å². The molecule has 0 aliphatic carbocycles. The smallest absolute Gasteiger partial charge is 0.397 e. The van der Waals surface area contributed by atoms with E-state index in [0.29, 0.717) is 11.0 Å². The molecule has 0 aliphatic rings. The topological polar surface area (TPSA) is 74.0 Å². The molecule has 0 saturated carbocycles. The number of hydrogen-bond acceptors (Lipinski definition) is 4. The van der Waals surface area contributed by atoms with Gasteiger partial charge in [-0.2, -0.15) is 26.3 Å². The van der Waals surface area contributed by atoms with Crippen LogP contribution in [0.4, 0.5) is 37.7 Å². The molecule has 0 aliphatic heterocycles. The molecular weight excluding hydrogens is 618 g/mol. The minimum Gasteiger partial charge on any atom is -0.397 e. The molecule has 0 fully saturated rings. The van der Waals surface area contributed by atoms with E-state index < -0.39 is 23.5 Å². The molecule has 2 heterocycles. The van der Waals surface area contributed by atoms with Gasteiger partial charge in [0.15, 0.2) is 0 Å². The maximum Gasteiger partial charge on any atom is 0.416 e. The Morgan fingerprint density at radius 2 is 1.02 bits per heavy atom. The first kappa shape index (κ1) is 31.1. The number of nitrogen functional groups attached to an aromatic ring is 1. The van der Waals surface area contributed by atoms with Gasteiger partial charge in [0.05, 0.1) is 44.6 Å². The lowest BCUT2D eigenvalue weighted by atomic mass is 10.1. The Kier molecular flexibility index (Phi) is 8.25. The highest BCUT2D eigenvalue weighted by atomic mass is 19.4. The van der Waals surface area contributed by atoms with Crippen molar-refractivity contribution in [2.75, 3.05) is 5.73 Å². The monoisotopic (exact) mass is 642 g/mol. The number of rotatable bonds is 4. The van der Waals surface area contributed by atoms with Crippen LogP contribution in [0.15, 0.2) is 133 Å². The predicted molar refractivity (Wildman–Crippen MR) is 170 cm³/mol. The highest BCUT2D eigenvalue weighted by Gasteiger charge is 2.33. The van der Waals surface area contributed by atoms with Gasteiger partial charge in [-0.3, -0.25) is 14.1 Å². The number of nitrogens with zero attached hydrogens (tertiary/aromatic N) is 5. The van der Waals surface area contributed by atoms with Crippen molar-refractivity contribution in [3.05, 3.63) is 145 Å². The Morgan fingerprint density at radius 3 is 1.53 bits per heavy atom. The van der Waals surface area contributed by atoms with Crippen LogP contribution >= 0.6 is 0 Å². The van der Waals surface area contributed by atoms with E-state index in [-0.39, 0.29) is 22.4 Å². The van der Waals surface area contributed by atoms with E-state index in [4.69, 9.17) is 5.73 Å². The summed E-state index contributed by atoms with van der Waals surface area (Å²) in [6.07, 6.45) is -4.37. The molecule has 12 heteroatoms. The van der Waals surface area contributed by atoms with Gasteiger partial charge in [0.2, 0.25) is 0 Å². The Hall–Kier alpha value is -5.91. The van der Waals surface area contributed by atoms with E-state index in [1.54, 1.807) is 15.3 Å². The highest BCUT2D eigenvalue weighted by molar-refractivity contribution is 5.93. The average Bonchev–Trinajstić information content (AvgIpc) is 3.70. The maximum absolute atomic E-state index is 13.3. The van der Waals surface area contributed by atoms with Crippen LogP contribution in [0.5, 0.6) is 0 Å². The van der Waals surface area contributed by atoms with E-state index >= 15 is 0 Å². The fourth-order valence-corrected chi connectivity index (χ4v) is 4.98. The molecule has 0 saturated heterocycles. The van der Waals surface area contributed by atoms with Crippen LogP contribution in [-0.4, -0.2) is 25.3 Å². The Morgan fingerprint density at radius 1 is 0.574 bits per heavy atom. The summed E-state index contributed by atoms with van der Waals surface area (Å²) in [5.74, 6) is 0. The minimum atomic E-state index is -4.47. The summed E-state index contributed by atoms with van der Waals surface area (Å²) in [5.41, 5.74) is 8.35. The van der Waals surface area contributed by atoms with Crippen LogP contribution in [0.1, 0.15) is 16.7 Å². The van der Waals surface area contributed by atoms with Gasteiger partial charge in [-0.1, -0.05) is 66.7 Å². The van der Waals surface area contributed by atoms with E-state index in [1.165, 1.54) is 12.7 Å². The molecular formula is C35H24F6N6. The second-order valence-electron chi connectivity index (χ2n) is 10.4. The molecule has 0 radical (unpaired) electrons. The van der Waals surface area contributed by atoms with Gasteiger partial charge >= 0.3 is 12.4 Å². The van der Waals surface area contributed by atoms with Crippen LogP contribution in [-0.2, 0) is 12.4 Å². The number of halogens is 6. The summed E-state index contributed by atoms with van der Waals surface area (Å²) in [6.45, 7) is 0. The minimum absolute atomic E-state index is 0.0520. The number of aromatic nitrogens is 4. The molecule has 0 atom stereocenters. The Bertz CT molecular complexity index is 2170. The van der Waals surface area contributed by atoms with Gasteiger partial charge in [0, 0.05) is 17.6 Å². The zero-order chi connectivity index (χ0) is 33.2. The zero-order valence-electron chi connectivity index (χ0n) is 24.3. The predicted octanol–water partition coefficient (Wildman–Crippen LogP) is 9.42. The van der Waals surface area contributed by atoms with E-state index in [1.807, 2.05) is 91.0 Å². The van der Waals surface area contributed by atoms with Gasteiger partial charge in [0.25, 0.3) is 0 Å². The molecule has 5 aromatic carbocycles. The number of fused-ring (bicyclic) bond motifs is 2. The van der Waals surface area contributed by atoms with Crippen LogP contribution < -0.4 is 5.73 Å². The standard InChI is InChI=1S/C21H14F3N3.C14H10F3N3/c22-21(23,24)16-11-18(25-13-15-7-3-1-4-8-15)20-19(12-16)26-14-27(20)17-9-5-2-6-10-17;15-14(16,17)9-6-11(18)13-12(7-9)19-8-20(13)10-4-2-1-3-5-10/h1-14H;1-8H,18H2. The van der Waals surface area contributed by atoms with Gasteiger partial charge in [0.1, 0.15) is 12.7 Å². The zero-order valence-corrected chi connectivity index (χ0v) is 24.3. The average molecular weight is 643 g/mol. The third kappa shape index (κ3) is 6.71. The largest absolute Gasteiger partial charge is 0.416 e. The van der Waals surface area contributed by atoms with Crippen molar-refractivity contribution in [3.63, 3.8) is 0 Å². The van der Waals surface area contributed by atoms with Crippen molar-refractivity contribution in [1.82, 2.24) is 19.1 Å². The normalized spacial score (nSPS) is 12.0. The molecule has 0 amide bonds. The van der Waals surface area contributed by atoms with Crippen LogP contribution in [0, 0.1) is 0 Å². The number of aliphatic imine (C=N–C) groups is 1. The van der Waals surface area contributed by atoms with Crippen molar-refractivity contribution >= 4 is 39.7 Å². The second-order valence-corrected chi connectivity index (χ2v) is 10.4. The number of benzene rings is 5. The van der Waals surface area contributed by atoms with Crippen LogP contribution in [0.2, 0.25) is 0 Å². The molecule has 0 unspecified atom stereocenters. The summed E-state index contributed by atoms with van der Waals surface area (Å²) in [5, 5.41) is 0. The first-order valence-electron chi connectivity index (χ1n) is 14.1. The number of imidazole rings is 2. The first-order chi connectivity index (χ1) is 22.5. The summed E-state index contributed by atoms with van der Waals surface area (Å²) in [7, 11) is 0. The summed E-state index contributed by atoms with van der Waals surface area (Å²) in [6, 6.07) is 31.8. The lowest BCUT2D eigenvalue weighted by Gasteiger charge is -2.10. The van der Waals surface area contributed by atoms with E-state index in [9.17, 15) is 26.3 Å². The van der Waals surface area contributed by atoms with Gasteiger partial charge in [-0.05, 0) is 54.1 Å². The van der Waals surface area contributed by atoms with Gasteiger partial charge in [-0.15, -0.1) is 0 Å². The fraction of sp³-hybridized carbons (Fsp3) is 0.0571.